The van der Waals surface area contributed by atoms with E-state index in [0.717, 1.165) is 11.3 Å². The quantitative estimate of drug-likeness (QED) is 0.536. The lowest BCUT2D eigenvalue weighted by molar-refractivity contribution is -0.255. The van der Waals surface area contributed by atoms with Crippen LogP contribution in [0.3, 0.4) is 0 Å². The first-order chi connectivity index (χ1) is 12.7. The van der Waals surface area contributed by atoms with E-state index >= 15 is 0 Å². The average molecular weight is 352 g/mol. The highest BCUT2D eigenvalue weighted by Crippen LogP contribution is 2.16. The summed E-state index contributed by atoms with van der Waals surface area (Å²) in [4.78, 5) is 17.5. The van der Waals surface area contributed by atoms with Crippen molar-refractivity contribution in [3.05, 3.63) is 46.4 Å². The van der Waals surface area contributed by atoms with E-state index in [4.69, 9.17) is 5.73 Å². The topological polar surface area (TPSA) is 118 Å². The predicted octanol–water partition coefficient (Wildman–Crippen LogP) is -0.0914. The molecule has 2 aromatic heterocycles. The molecule has 0 amide bonds. The summed E-state index contributed by atoms with van der Waals surface area (Å²) >= 11 is 0. The Hall–Kier alpha value is -3.15. The molecule has 0 aliphatic heterocycles. The van der Waals surface area contributed by atoms with Crippen molar-refractivity contribution >= 4 is 22.7 Å². The molecular weight excluding hydrogens is 330 g/mol. The fourth-order valence-electron chi connectivity index (χ4n) is 2.70. The van der Waals surface area contributed by atoms with Gasteiger partial charge in [0, 0.05) is 18.7 Å². The van der Waals surface area contributed by atoms with Crippen LogP contribution in [0.4, 0.5) is 11.6 Å². The largest absolute Gasteiger partial charge is 0.354 e. The normalized spacial score (nSPS) is 10.6. The van der Waals surface area contributed by atoms with Gasteiger partial charge in [-0.15, -0.1) is 5.92 Å². The van der Waals surface area contributed by atoms with E-state index in [1.54, 1.807) is 17.7 Å². The second kappa shape index (κ2) is 7.82. The van der Waals surface area contributed by atoms with Gasteiger partial charge in [-0.05, 0) is 13.0 Å². The molecule has 0 spiro atoms. The van der Waals surface area contributed by atoms with E-state index in [0.29, 0.717) is 43.2 Å². The number of benzene rings is 1. The second-order valence-electron chi connectivity index (χ2n) is 5.77. The zero-order chi connectivity index (χ0) is 18.5. The summed E-state index contributed by atoms with van der Waals surface area (Å²) in [6.07, 6.45) is 1.60. The van der Waals surface area contributed by atoms with Crippen LogP contribution in [0.5, 0.6) is 0 Å². The van der Waals surface area contributed by atoms with Crippen molar-refractivity contribution in [1.29, 1.82) is 0 Å². The Morgan fingerprint density at radius 1 is 1.35 bits per heavy atom. The van der Waals surface area contributed by atoms with Crippen LogP contribution in [-0.2, 0) is 13.1 Å². The fraction of sp³-hybridized carbons (Fsp3) is 0.278. The van der Waals surface area contributed by atoms with Crippen LogP contribution >= 0.6 is 0 Å². The number of aromatic nitrogens is 4. The van der Waals surface area contributed by atoms with E-state index in [2.05, 4.69) is 33.0 Å². The van der Waals surface area contributed by atoms with Crippen molar-refractivity contribution in [2.45, 2.75) is 20.0 Å². The van der Waals surface area contributed by atoms with Gasteiger partial charge in [-0.3, -0.25) is 9.36 Å². The van der Waals surface area contributed by atoms with Gasteiger partial charge in [0.2, 0.25) is 5.95 Å². The molecular formula is C18H22N7O+. The SMILES string of the molecule is CC#CCn1c(NCCN)nc2cnn(Cc3ccccc3[NH3+])c(=O)c21. The Bertz CT molecular complexity index is 1040. The number of quaternary nitrogens is 1. The Morgan fingerprint density at radius 3 is 2.88 bits per heavy atom. The van der Waals surface area contributed by atoms with Crippen LogP contribution in [0.25, 0.3) is 11.0 Å². The van der Waals surface area contributed by atoms with Crippen molar-refractivity contribution in [3.8, 4) is 11.8 Å². The second-order valence-corrected chi connectivity index (χ2v) is 5.77. The van der Waals surface area contributed by atoms with Gasteiger partial charge < -0.3 is 16.8 Å². The van der Waals surface area contributed by atoms with Gasteiger partial charge in [0.15, 0.2) is 0 Å². The predicted molar refractivity (Wildman–Crippen MR) is 101 cm³/mol. The number of imidazole rings is 1. The Morgan fingerprint density at radius 2 is 2.15 bits per heavy atom. The molecule has 1 aromatic carbocycles. The molecule has 0 unspecified atom stereocenters. The molecule has 8 heteroatoms. The van der Waals surface area contributed by atoms with E-state index < -0.39 is 0 Å². The first kappa shape index (κ1) is 17.7. The minimum absolute atomic E-state index is 0.211. The highest BCUT2D eigenvalue weighted by atomic mass is 16.1. The van der Waals surface area contributed by atoms with E-state index in [-0.39, 0.29) is 5.56 Å². The van der Waals surface area contributed by atoms with Crippen molar-refractivity contribution in [3.63, 3.8) is 0 Å². The molecule has 0 saturated heterocycles. The molecule has 3 aromatic rings. The Kier molecular flexibility index (Phi) is 5.31. The lowest BCUT2D eigenvalue weighted by Crippen LogP contribution is -2.42. The number of anilines is 1. The molecule has 0 bridgehead atoms. The maximum atomic E-state index is 13.0. The first-order valence-electron chi connectivity index (χ1n) is 8.35. The monoisotopic (exact) mass is 352 g/mol. The first-order valence-corrected chi connectivity index (χ1v) is 8.35. The third-order valence-electron chi connectivity index (χ3n) is 4.03. The third-order valence-corrected chi connectivity index (χ3v) is 4.03. The molecule has 0 aliphatic rings. The molecule has 0 radical (unpaired) electrons. The summed E-state index contributed by atoms with van der Waals surface area (Å²) in [5.74, 6) is 6.41. The molecule has 2 heterocycles. The van der Waals surface area contributed by atoms with Gasteiger partial charge in [0.25, 0.3) is 5.56 Å². The number of nitrogens with two attached hydrogens (primary N) is 1. The number of nitrogens with zero attached hydrogens (tertiary/aromatic N) is 4. The minimum Gasteiger partial charge on any atom is -0.354 e. The highest BCUT2D eigenvalue weighted by Gasteiger charge is 2.16. The zero-order valence-electron chi connectivity index (χ0n) is 14.7. The van der Waals surface area contributed by atoms with Gasteiger partial charge >= 0.3 is 0 Å². The fourth-order valence-corrected chi connectivity index (χ4v) is 2.70. The molecule has 0 saturated carbocycles. The van der Waals surface area contributed by atoms with Gasteiger partial charge in [-0.1, -0.05) is 24.1 Å². The Balaban J connectivity index is 2.10. The molecule has 0 atom stereocenters. The summed E-state index contributed by atoms with van der Waals surface area (Å²) < 4.78 is 3.20. The standard InChI is InChI=1S/C18H21N7O/c1-2-3-10-24-16-15(23-18(24)21-9-8-19)11-22-25(17(16)26)12-13-6-4-5-7-14(13)20/h4-7,11H,8-10,12,19-20H2,1H3,(H,21,23)/p+1. The number of hydrogen-bond donors (Lipinski definition) is 3. The van der Waals surface area contributed by atoms with Crippen molar-refractivity contribution in [2.75, 3.05) is 18.4 Å². The van der Waals surface area contributed by atoms with Crippen LogP contribution in [0.2, 0.25) is 0 Å². The van der Waals surface area contributed by atoms with Crippen LogP contribution in [-0.4, -0.2) is 32.4 Å². The van der Waals surface area contributed by atoms with Crippen LogP contribution in [0, 0.1) is 11.8 Å². The third kappa shape index (κ3) is 3.44. The molecule has 0 fully saturated rings. The molecule has 0 aliphatic carbocycles. The van der Waals surface area contributed by atoms with Gasteiger partial charge in [0.1, 0.15) is 16.7 Å². The van der Waals surface area contributed by atoms with E-state index in [1.807, 2.05) is 24.3 Å². The molecule has 26 heavy (non-hydrogen) atoms. The summed E-state index contributed by atoms with van der Waals surface area (Å²) in [7, 11) is 0. The molecule has 6 N–H and O–H groups in total. The number of hydrogen-bond acceptors (Lipinski definition) is 5. The minimum atomic E-state index is -0.211. The maximum Gasteiger partial charge on any atom is 0.293 e. The van der Waals surface area contributed by atoms with Crippen molar-refractivity contribution in [2.24, 2.45) is 5.73 Å². The van der Waals surface area contributed by atoms with Gasteiger partial charge in [-0.2, -0.15) is 5.10 Å². The molecule has 8 nitrogen and oxygen atoms in total. The average Bonchev–Trinajstić information content (AvgIpc) is 3.00. The maximum absolute atomic E-state index is 13.0. The summed E-state index contributed by atoms with van der Waals surface area (Å²) in [6, 6.07) is 7.69. The van der Waals surface area contributed by atoms with Crippen molar-refractivity contribution < 1.29 is 5.73 Å². The van der Waals surface area contributed by atoms with Gasteiger partial charge in [-0.25, -0.2) is 9.67 Å². The van der Waals surface area contributed by atoms with Crippen molar-refractivity contribution in [1.82, 2.24) is 19.3 Å². The lowest BCUT2D eigenvalue weighted by Gasteiger charge is -2.08. The van der Waals surface area contributed by atoms with Crippen LogP contribution < -0.4 is 22.3 Å². The van der Waals surface area contributed by atoms with Crippen LogP contribution in [0.15, 0.2) is 35.3 Å². The zero-order valence-corrected chi connectivity index (χ0v) is 14.7. The van der Waals surface area contributed by atoms with E-state index in [1.165, 1.54) is 4.68 Å². The molecule has 134 valence electrons. The number of rotatable bonds is 6. The van der Waals surface area contributed by atoms with Gasteiger partial charge in [0.05, 0.1) is 19.3 Å². The Labute approximate surface area is 150 Å². The molecule has 3 rings (SSSR count). The summed E-state index contributed by atoms with van der Waals surface area (Å²) in [6.45, 7) is 3.50. The van der Waals surface area contributed by atoms with E-state index in [9.17, 15) is 4.79 Å². The lowest BCUT2D eigenvalue weighted by atomic mass is 10.2. The highest BCUT2D eigenvalue weighted by molar-refractivity contribution is 5.77. The number of nitrogens with one attached hydrogen (secondary N) is 1. The summed E-state index contributed by atoms with van der Waals surface area (Å²) in [5, 5.41) is 7.41. The smallest absolute Gasteiger partial charge is 0.293 e. The number of fused-ring (bicyclic) bond motifs is 1. The summed E-state index contributed by atoms with van der Waals surface area (Å²) in [5.41, 5.74) is 12.2. The van der Waals surface area contributed by atoms with Crippen LogP contribution in [0.1, 0.15) is 12.5 Å².